The molecule has 0 bridgehead atoms. The standard InChI is InChI=1S/C19H13F6N3O4/c20-18(21,22)12-2-4-13(5-3-12)27-10-26-28(17(27)31)8-11-1-6-15(32-9-16(29)30)14(7-11)19(23,24)25/h1-7,10H,8-9H2,(H,29,30). The number of ether oxygens (including phenoxy) is 1. The summed E-state index contributed by atoms with van der Waals surface area (Å²) in [6, 6.07) is 6.52. The molecule has 0 aliphatic carbocycles. The first-order valence-electron chi connectivity index (χ1n) is 8.73. The van der Waals surface area contributed by atoms with Crippen molar-refractivity contribution in [2.75, 3.05) is 6.61 Å². The van der Waals surface area contributed by atoms with Gasteiger partial charge in [0, 0.05) is 0 Å². The molecular formula is C19H13F6N3O4. The molecule has 3 aromatic rings. The highest BCUT2D eigenvalue weighted by molar-refractivity contribution is 5.68. The van der Waals surface area contributed by atoms with E-state index in [9.17, 15) is 35.9 Å². The number of alkyl halides is 6. The van der Waals surface area contributed by atoms with Crippen molar-refractivity contribution in [3.05, 3.63) is 76.0 Å². The van der Waals surface area contributed by atoms with Crippen LogP contribution in [0, 0.1) is 0 Å². The number of hydrogen-bond donors (Lipinski definition) is 1. The molecule has 0 unspecified atom stereocenters. The molecule has 0 radical (unpaired) electrons. The molecule has 0 aliphatic heterocycles. The molecule has 2 aromatic carbocycles. The molecule has 1 N–H and O–H groups in total. The third kappa shape index (κ3) is 5.10. The molecule has 13 heteroatoms. The van der Waals surface area contributed by atoms with Gasteiger partial charge in [-0.2, -0.15) is 31.4 Å². The predicted octanol–water partition coefficient (Wildman–Crippen LogP) is 3.58. The summed E-state index contributed by atoms with van der Waals surface area (Å²) in [5, 5.41) is 12.4. The first kappa shape index (κ1) is 22.9. The second kappa shape index (κ2) is 8.40. The molecule has 1 aromatic heterocycles. The Hall–Kier alpha value is -3.77. The highest BCUT2D eigenvalue weighted by Gasteiger charge is 2.35. The molecule has 0 saturated heterocycles. The Labute approximate surface area is 175 Å². The van der Waals surface area contributed by atoms with Gasteiger partial charge < -0.3 is 9.84 Å². The van der Waals surface area contributed by atoms with E-state index in [2.05, 4.69) is 9.84 Å². The van der Waals surface area contributed by atoms with Crippen LogP contribution in [0.2, 0.25) is 0 Å². The molecular weight excluding hydrogens is 448 g/mol. The minimum absolute atomic E-state index is 0.0137. The number of carbonyl (C=O) groups is 1. The second-order valence-electron chi connectivity index (χ2n) is 6.50. The fourth-order valence-electron chi connectivity index (χ4n) is 2.77. The summed E-state index contributed by atoms with van der Waals surface area (Å²) in [6.07, 6.45) is -8.38. The summed E-state index contributed by atoms with van der Waals surface area (Å²) < 4.78 is 84.4. The first-order chi connectivity index (χ1) is 14.9. The molecule has 7 nitrogen and oxygen atoms in total. The number of halogens is 6. The molecule has 0 fully saturated rings. The Morgan fingerprint density at radius 2 is 1.66 bits per heavy atom. The van der Waals surface area contributed by atoms with Gasteiger partial charge in [-0.3, -0.25) is 0 Å². The average molecular weight is 461 g/mol. The number of hydrogen-bond acceptors (Lipinski definition) is 4. The summed E-state index contributed by atoms with van der Waals surface area (Å²) in [5.41, 5.74) is -2.83. The van der Waals surface area contributed by atoms with Gasteiger partial charge in [-0.1, -0.05) is 6.07 Å². The normalized spacial score (nSPS) is 12.1. The minimum Gasteiger partial charge on any atom is -0.481 e. The lowest BCUT2D eigenvalue weighted by molar-refractivity contribution is -0.143. The van der Waals surface area contributed by atoms with E-state index in [1.54, 1.807) is 0 Å². The monoisotopic (exact) mass is 461 g/mol. The van der Waals surface area contributed by atoms with Crippen LogP contribution in [-0.2, 0) is 23.7 Å². The van der Waals surface area contributed by atoms with Crippen molar-refractivity contribution < 1.29 is 41.0 Å². The van der Waals surface area contributed by atoms with Crippen molar-refractivity contribution in [1.82, 2.24) is 14.3 Å². The van der Waals surface area contributed by atoms with Gasteiger partial charge >= 0.3 is 24.0 Å². The maximum atomic E-state index is 13.3. The van der Waals surface area contributed by atoms with E-state index < -0.39 is 47.5 Å². The van der Waals surface area contributed by atoms with Crippen molar-refractivity contribution in [3.8, 4) is 11.4 Å². The van der Waals surface area contributed by atoms with Crippen LogP contribution in [0.4, 0.5) is 26.3 Å². The molecule has 32 heavy (non-hydrogen) atoms. The predicted molar refractivity (Wildman–Crippen MR) is 96.5 cm³/mol. The molecule has 0 spiro atoms. The SMILES string of the molecule is O=C(O)COc1ccc(Cn2ncn(-c3ccc(C(F)(F)F)cc3)c2=O)cc1C(F)(F)F. The Kier molecular flexibility index (Phi) is 6.01. The molecule has 0 atom stereocenters. The Morgan fingerprint density at radius 1 is 1.00 bits per heavy atom. The van der Waals surface area contributed by atoms with Gasteiger partial charge in [0.2, 0.25) is 0 Å². The number of benzene rings is 2. The Morgan fingerprint density at radius 3 is 2.22 bits per heavy atom. The fraction of sp³-hybridized carbons (Fsp3) is 0.211. The second-order valence-corrected chi connectivity index (χ2v) is 6.50. The first-order valence-corrected chi connectivity index (χ1v) is 8.73. The van der Waals surface area contributed by atoms with Gasteiger partial charge in [-0.25, -0.2) is 18.8 Å². The van der Waals surface area contributed by atoms with Crippen LogP contribution in [0.15, 0.2) is 53.6 Å². The van der Waals surface area contributed by atoms with Crippen LogP contribution in [0.1, 0.15) is 16.7 Å². The molecule has 0 aliphatic rings. The zero-order valence-electron chi connectivity index (χ0n) is 15.8. The third-order valence-corrected chi connectivity index (χ3v) is 4.24. The van der Waals surface area contributed by atoms with Gasteiger partial charge in [0.05, 0.1) is 23.4 Å². The van der Waals surface area contributed by atoms with Crippen LogP contribution in [0.3, 0.4) is 0 Å². The number of rotatable bonds is 6. The third-order valence-electron chi connectivity index (χ3n) is 4.24. The van der Waals surface area contributed by atoms with E-state index in [1.807, 2.05) is 0 Å². The highest BCUT2D eigenvalue weighted by Crippen LogP contribution is 2.37. The fourth-order valence-corrected chi connectivity index (χ4v) is 2.77. The maximum Gasteiger partial charge on any atom is 0.419 e. The lowest BCUT2D eigenvalue weighted by Crippen LogP contribution is -2.24. The number of aliphatic carboxylic acids is 1. The van der Waals surface area contributed by atoms with Crippen LogP contribution in [-0.4, -0.2) is 32.0 Å². The van der Waals surface area contributed by atoms with Gasteiger partial charge in [0.25, 0.3) is 0 Å². The van der Waals surface area contributed by atoms with Crippen molar-refractivity contribution in [1.29, 1.82) is 0 Å². The largest absolute Gasteiger partial charge is 0.481 e. The maximum absolute atomic E-state index is 13.3. The van der Waals surface area contributed by atoms with E-state index in [4.69, 9.17) is 5.11 Å². The lowest BCUT2D eigenvalue weighted by atomic mass is 10.1. The van der Waals surface area contributed by atoms with Gasteiger partial charge in [0.1, 0.15) is 12.1 Å². The van der Waals surface area contributed by atoms with Crippen molar-refractivity contribution in [2.45, 2.75) is 18.9 Å². The van der Waals surface area contributed by atoms with Crippen LogP contribution in [0.5, 0.6) is 5.75 Å². The summed E-state index contributed by atoms with van der Waals surface area (Å²) >= 11 is 0. The zero-order chi connectivity index (χ0) is 23.7. The number of carboxylic acid groups (broad SMARTS) is 1. The topological polar surface area (TPSA) is 86.3 Å². The zero-order valence-corrected chi connectivity index (χ0v) is 15.8. The van der Waals surface area contributed by atoms with E-state index in [1.165, 1.54) is 6.07 Å². The van der Waals surface area contributed by atoms with E-state index >= 15 is 0 Å². The molecule has 1 heterocycles. The van der Waals surface area contributed by atoms with Crippen LogP contribution < -0.4 is 10.4 Å². The molecule has 0 saturated carbocycles. The summed E-state index contributed by atoms with van der Waals surface area (Å²) in [4.78, 5) is 23.1. The smallest absolute Gasteiger partial charge is 0.419 e. The number of nitrogens with zero attached hydrogens (tertiary/aromatic N) is 3. The number of carboxylic acids is 1. The van der Waals surface area contributed by atoms with E-state index in [-0.39, 0.29) is 17.8 Å². The van der Waals surface area contributed by atoms with Crippen molar-refractivity contribution in [2.24, 2.45) is 0 Å². The molecule has 0 amide bonds. The Bertz CT molecular complexity index is 1180. The van der Waals surface area contributed by atoms with Crippen LogP contribution >= 0.6 is 0 Å². The van der Waals surface area contributed by atoms with Crippen molar-refractivity contribution >= 4 is 5.97 Å². The van der Waals surface area contributed by atoms with E-state index in [0.29, 0.717) is 6.07 Å². The molecule has 3 rings (SSSR count). The molecule has 170 valence electrons. The lowest BCUT2D eigenvalue weighted by Gasteiger charge is -2.14. The summed E-state index contributed by atoms with van der Waals surface area (Å²) in [7, 11) is 0. The quantitative estimate of drug-likeness (QED) is 0.568. The minimum atomic E-state index is -4.85. The van der Waals surface area contributed by atoms with Crippen LogP contribution in [0.25, 0.3) is 5.69 Å². The average Bonchev–Trinajstić information content (AvgIpc) is 3.06. The summed E-state index contributed by atoms with van der Waals surface area (Å²) in [5.74, 6) is -2.14. The van der Waals surface area contributed by atoms with Gasteiger partial charge in [-0.05, 0) is 42.0 Å². The van der Waals surface area contributed by atoms with E-state index in [0.717, 1.165) is 45.9 Å². The van der Waals surface area contributed by atoms with Crippen molar-refractivity contribution in [3.63, 3.8) is 0 Å². The summed E-state index contributed by atoms with van der Waals surface area (Å²) in [6.45, 7) is -1.35. The van der Waals surface area contributed by atoms with Gasteiger partial charge in [0.15, 0.2) is 6.61 Å². The number of aromatic nitrogens is 3. The highest BCUT2D eigenvalue weighted by atomic mass is 19.4. The Balaban J connectivity index is 1.88. The van der Waals surface area contributed by atoms with Gasteiger partial charge in [-0.15, -0.1) is 0 Å².